The van der Waals surface area contributed by atoms with Gasteiger partial charge in [0.05, 0.1) is 6.04 Å². The first-order valence-electron chi connectivity index (χ1n) is 8.18. The average molecular weight is 281 g/mol. The van der Waals surface area contributed by atoms with Crippen LogP contribution in [0.1, 0.15) is 46.5 Å². The van der Waals surface area contributed by atoms with Crippen LogP contribution in [0.5, 0.6) is 0 Å². The van der Waals surface area contributed by atoms with Gasteiger partial charge in [0.2, 0.25) is 5.91 Å². The van der Waals surface area contributed by atoms with E-state index >= 15 is 0 Å². The predicted octanol–water partition coefficient (Wildman–Crippen LogP) is 1.71. The summed E-state index contributed by atoms with van der Waals surface area (Å²) in [6.45, 7) is 10.8. The fourth-order valence-corrected chi connectivity index (χ4v) is 3.78. The molecule has 2 unspecified atom stereocenters. The molecule has 4 nitrogen and oxygen atoms in total. The Bertz CT molecular complexity index is 343. The standard InChI is InChI=1S/C16H31N3O/c1-5-19-11-6-8-13(19)12-18(4)15(20)14-16(2,3)9-7-10-17-14/h13-14,17H,5-12H2,1-4H3. The van der Waals surface area contributed by atoms with Gasteiger partial charge in [-0.1, -0.05) is 20.8 Å². The molecule has 0 aromatic heterocycles. The molecule has 2 aliphatic heterocycles. The fraction of sp³-hybridized carbons (Fsp3) is 0.938. The molecule has 0 aromatic carbocycles. The molecule has 0 spiro atoms. The van der Waals surface area contributed by atoms with Gasteiger partial charge >= 0.3 is 0 Å². The van der Waals surface area contributed by atoms with Crippen molar-refractivity contribution < 1.29 is 4.79 Å². The largest absolute Gasteiger partial charge is 0.343 e. The summed E-state index contributed by atoms with van der Waals surface area (Å²) < 4.78 is 0. The van der Waals surface area contributed by atoms with E-state index in [0.717, 1.165) is 26.1 Å². The van der Waals surface area contributed by atoms with Gasteiger partial charge < -0.3 is 10.2 Å². The molecule has 2 aliphatic rings. The van der Waals surface area contributed by atoms with Crippen LogP contribution in [0.3, 0.4) is 0 Å². The van der Waals surface area contributed by atoms with Gasteiger partial charge in [-0.05, 0) is 50.7 Å². The molecule has 2 fully saturated rings. The summed E-state index contributed by atoms with van der Waals surface area (Å²) in [5.74, 6) is 0.276. The number of hydrogen-bond acceptors (Lipinski definition) is 3. The van der Waals surface area contributed by atoms with Crippen LogP contribution in [0.25, 0.3) is 0 Å². The van der Waals surface area contributed by atoms with Crippen LogP contribution >= 0.6 is 0 Å². The van der Waals surface area contributed by atoms with Crippen molar-refractivity contribution in [2.45, 2.75) is 58.5 Å². The predicted molar refractivity (Wildman–Crippen MR) is 82.7 cm³/mol. The van der Waals surface area contributed by atoms with Gasteiger partial charge in [0, 0.05) is 19.6 Å². The lowest BCUT2D eigenvalue weighted by Gasteiger charge is -2.40. The van der Waals surface area contributed by atoms with Crippen LogP contribution in [-0.4, -0.2) is 61.0 Å². The number of carbonyl (C=O) groups excluding carboxylic acids is 1. The van der Waals surface area contributed by atoms with Crippen LogP contribution in [-0.2, 0) is 4.79 Å². The number of likely N-dealkylation sites (tertiary alicyclic amines) is 1. The Labute approximate surface area is 123 Å². The first-order valence-corrected chi connectivity index (χ1v) is 8.18. The first-order chi connectivity index (χ1) is 9.45. The van der Waals surface area contributed by atoms with E-state index in [2.05, 4.69) is 31.0 Å². The number of hydrogen-bond donors (Lipinski definition) is 1. The van der Waals surface area contributed by atoms with Crippen molar-refractivity contribution >= 4 is 5.91 Å². The lowest BCUT2D eigenvalue weighted by Crippen LogP contribution is -2.57. The van der Waals surface area contributed by atoms with Crippen LogP contribution in [0.2, 0.25) is 0 Å². The maximum Gasteiger partial charge on any atom is 0.240 e. The SMILES string of the molecule is CCN1CCCC1CN(C)C(=O)C1NCCCC1(C)C. The molecule has 2 atom stereocenters. The molecule has 0 saturated carbocycles. The Hall–Kier alpha value is -0.610. The number of nitrogens with zero attached hydrogens (tertiary/aromatic N) is 2. The Morgan fingerprint density at radius 3 is 2.80 bits per heavy atom. The van der Waals surface area contributed by atoms with E-state index in [0.29, 0.717) is 6.04 Å². The minimum atomic E-state index is -0.0160. The van der Waals surface area contributed by atoms with Crippen molar-refractivity contribution in [2.75, 3.05) is 33.2 Å². The highest BCUT2D eigenvalue weighted by molar-refractivity contribution is 5.82. The second-order valence-corrected chi connectivity index (χ2v) is 7.12. The van der Waals surface area contributed by atoms with Gasteiger partial charge in [-0.3, -0.25) is 9.69 Å². The van der Waals surface area contributed by atoms with Crippen LogP contribution in [0, 0.1) is 5.41 Å². The molecular formula is C16H31N3O. The first kappa shape index (κ1) is 15.8. The minimum Gasteiger partial charge on any atom is -0.343 e. The molecule has 1 N–H and O–H groups in total. The summed E-state index contributed by atoms with van der Waals surface area (Å²) >= 11 is 0. The number of likely N-dealkylation sites (N-methyl/N-ethyl adjacent to an activating group) is 2. The van der Waals surface area contributed by atoms with Gasteiger partial charge in [0.25, 0.3) is 0 Å². The third-order valence-electron chi connectivity index (χ3n) is 5.14. The lowest BCUT2D eigenvalue weighted by atomic mass is 9.77. The molecule has 0 aliphatic carbocycles. The van der Waals surface area contributed by atoms with Gasteiger partial charge in [-0.25, -0.2) is 0 Å². The van der Waals surface area contributed by atoms with Crippen LogP contribution < -0.4 is 5.32 Å². The number of piperidine rings is 1. The van der Waals surface area contributed by atoms with Crippen molar-refractivity contribution in [2.24, 2.45) is 5.41 Å². The number of rotatable bonds is 4. The summed E-state index contributed by atoms with van der Waals surface area (Å²) in [5.41, 5.74) is 0.0731. The molecule has 116 valence electrons. The summed E-state index contributed by atoms with van der Waals surface area (Å²) in [4.78, 5) is 17.2. The van der Waals surface area contributed by atoms with Crippen LogP contribution in [0.15, 0.2) is 0 Å². The van der Waals surface area contributed by atoms with Gasteiger partial charge in [0.1, 0.15) is 0 Å². The Kier molecular flexibility index (Phi) is 5.08. The summed E-state index contributed by atoms with van der Waals surface area (Å²) in [5, 5.41) is 3.44. The van der Waals surface area contributed by atoms with E-state index in [1.165, 1.54) is 25.8 Å². The highest BCUT2D eigenvalue weighted by Gasteiger charge is 2.39. The zero-order chi connectivity index (χ0) is 14.8. The second kappa shape index (κ2) is 6.44. The molecule has 20 heavy (non-hydrogen) atoms. The molecular weight excluding hydrogens is 250 g/mol. The van der Waals surface area contributed by atoms with Crippen molar-refractivity contribution in [1.29, 1.82) is 0 Å². The fourth-order valence-electron chi connectivity index (χ4n) is 3.78. The molecule has 0 aromatic rings. The normalized spacial score (nSPS) is 30.4. The topological polar surface area (TPSA) is 35.6 Å². The highest BCUT2D eigenvalue weighted by Crippen LogP contribution is 2.31. The summed E-state index contributed by atoms with van der Waals surface area (Å²) in [6.07, 6.45) is 4.81. The summed E-state index contributed by atoms with van der Waals surface area (Å²) in [7, 11) is 1.97. The molecule has 0 bridgehead atoms. The third kappa shape index (κ3) is 3.34. The van der Waals surface area contributed by atoms with Crippen molar-refractivity contribution in [1.82, 2.24) is 15.1 Å². The van der Waals surface area contributed by atoms with Gasteiger partial charge in [0.15, 0.2) is 0 Å². The average Bonchev–Trinajstić information content (AvgIpc) is 2.84. The zero-order valence-electron chi connectivity index (χ0n) is 13.6. The van der Waals surface area contributed by atoms with E-state index in [1.54, 1.807) is 0 Å². The lowest BCUT2D eigenvalue weighted by molar-refractivity contribution is -0.136. The smallest absolute Gasteiger partial charge is 0.240 e. The second-order valence-electron chi connectivity index (χ2n) is 7.12. The minimum absolute atomic E-state index is 0.0160. The van der Waals surface area contributed by atoms with Crippen molar-refractivity contribution in [3.63, 3.8) is 0 Å². The molecule has 2 rings (SSSR count). The van der Waals surface area contributed by atoms with Crippen molar-refractivity contribution in [3.8, 4) is 0 Å². The number of amides is 1. The zero-order valence-corrected chi connectivity index (χ0v) is 13.6. The van der Waals surface area contributed by atoms with Gasteiger partial charge in [-0.15, -0.1) is 0 Å². The Balaban J connectivity index is 1.94. The highest BCUT2D eigenvalue weighted by atomic mass is 16.2. The van der Waals surface area contributed by atoms with Gasteiger partial charge in [-0.2, -0.15) is 0 Å². The van der Waals surface area contributed by atoms with Crippen molar-refractivity contribution in [3.05, 3.63) is 0 Å². The third-order valence-corrected chi connectivity index (χ3v) is 5.14. The maximum atomic E-state index is 12.7. The monoisotopic (exact) mass is 281 g/mol. The van der Waals surface area contributed by atoms with E-state index in [1.807, 2.05) is 11.9 Å². The molecule has 2 saturated heterocycles. The summed E-state index contributed by atoms with van der Waals surface area (Å²) in [6, 6.07) is 0.540. The van der Waals surface area contributed by atoms with Crippen LogP contribution in [0.4, 0.5) is 0 Å². The molecule has 4 heteroatoms. The Morgan fingerprint density at radius 2 is 2.15 bits per heavy atom. The quantitative estimate of drug-likeness (QED) is 0.852. The number of nitrogens with one attached hydrogen (secondary N) is 1. The maximum absolute atomic E-state index is 12.7. The molecule has 2 heterocycles. The van der Waals surface area contributed by atoms with E-state index in [9.17, 15) is 4.79 Å². The number of carbonyl (C=O) groups is 1. The van der Waals surface area contributed by atoms with E-state index in [-0.39, 0.29) is 17.4 Å². The molecule has 0 radical (unpaired) electrons. The van der Waals surface area contributed by atoms with E-state index in [4.69, 9.17) is 0 Å². The van der Waals surface area contributed by atoms with E-state index < -0.39 is 0 Å². The Morgan fingerprint density at radius 1 is 1.40 bits per heavy atom. The molecule has 1 amide bonds.